The van der Waals surface area contributed by atoms with Gasteiger partial charge in [-0.1, -0.05) is 0 Å². The van der Waals surface area contributed by atoms with Crippen LogP contribution < -0.4 is 5.32 Å². The SMILES string of the molecule is COC(=O)CN(C)C(=O)CCOC1CCNCC1. The predicted molar refractivity (Wildman–Crippen MR) is 66.1 cm³/mol. The lowest BCUT2D eigenvalue weighted by Crippen LogP contribution is -2.35. The minimum atomic E-state index is -0.412. The molecule has 0 bridgehead atoms. The zero-order valence-electron chi connectivity index (χ0n) is 11.1. The fourth-order valence-corrected chi connectivity index (χ4v) is 1.81. The van der Waals surface area contributed by atoms with Crippen molar-refractivity contribution in [2.45, 2.75) is 25.4 Å². The van der Waals surface area contributed by atoms with Gasteiger partial charge in [0.05, 0.1) is 26.2 Å². The smallest absolute Gasteiger partial charge is 0.325 e. The topological polar surface area (TPSA) is 67.9 Å². The van der Waals surface area contributed by atoms with E-state index in [1.807, 2.05) is 0 Å². The third-order valence-corrected chi connectivity index (χ3v) is 2.98. The average molecular weight is 258 g/mol. The summed E-state index contributed by atoms with van der Waals surface area (Å²) in [6, 6.07) is 0. The lowest BCUT2D eigenvalue weighted by Gasteiger charge is -2.23. The Morgan fingerprint density at radius 3 is 2.61 bits per heavy atom. The zero-order chi connectivity index (χ0) is 13.4. The van der Waals surface area contributed by atoms with Crippen molar-refractivity contribution in [2.75, 3.05) is 40.4 Å². The van der Waals surface area contributed by atoms with Gasteiger partial charge in [-0.05, 0) is 25.9 Å². The molecule has 0 saturated carbocycles. The van der Waals surface area contributed by atoms with Crippen molar-refractivity contribution in [2.24, 2.45) is 0 Å². The quantitative estimate of drug-likeness (QED) is 0.667. The maximum Gasteiger partial charge on any atom is 0.325 e. The van der Waals surface area contributed by atoms with Crippen LogP contribution in [0.5, 0.6) is 0 Å². The number of carbonyl (C=O) groups is 2. The minimum Gasteiger partial charge on any atom is -0.468 e. The van der Waals surface area contributed by atoms with Crippen molar-refractivity contribution in [1.82, 2.24) is 10.2 Å². The summed E-state index contributed by atoms with van der Waals surface area (Å²) >= 11 is 0. The van der Waals surface area contributed by atoms with E-state index < -0.39 is 5.97 Å². The number of ether oxygens (including phenoxy) is 2. The number of methoxy groups -OCH3 is 1. The molecule has 0 atom stereocenters. The molecule has 1 saturated heterocycles. The molecule has 1 aliphatic heterocycles. The largest absolute Gasteiger partial charge is 0.468 e. The Hall–Kier alpha value is -1.14. The van der Waals surface area contributed by atoms with Gasteiger partial charge in [-0.2, -0.15) is 0 Å². The number of nitrogens with zero attached hydrogens (tertiary/aromatic N) is 1. The molecular weight excluding hydrogens is 236 g/mol. The molecule has 0 aromatic carbocycles. The lowest BCUT2D eigenvalue weighted by molar-refractivity contribution is -0.146. The molecule has 1 aliphatic rings. The molecule has 1 rings (SSSR count). The van der Waals surface area contributed by atoms with E-state index in [4.69, 9.17) is 4.74 Å². The highest BCUT2D eigenvalue weighted by molar-refractivity contribution is 5.81. The van der Waals surface area contributed by atoms with E-state index in [0.29, 0.717) is 13.0 Å². The molecule has 1 N–H and O–H groups in total. The van der Waals surface area contributed by atoms with Gasteiger partial charge < -0.3 is 19.7 Å². The maximum atomic E-state index is 11.7. The van der Waals surface area contributed by atoms with Crippen LogP contribution >= 0.6 is 0 Å². The summed E-state index contributed by atoms with van der Waals surface area (Å²) in [5, 5.41) is 3.25. The summed E-state index contributed by atoms with van der Waals surface area (Å²) in [5.41, 5.74) is 0. The molecule has 0 aromatic rings. The van der Waals surface area contributed by atoms with Gasteiger partial charge >= 0.3 is 5.97 Å². The second-order valence-electron chi connectivity index (χ2n) is 4.40. The molecule has 1 heterocycles. The zero-order valence-corrected chi connectivity index (χ0v) is 11.1. The number of hydrogen-bond acceptors (Lipinski definition) is 5. The van der Waals surface area contributed by atoms with E-state index in [1.54, 1.807) is 7.05 Å². The van der Waals surface area contributed by atoms with Gasteiger partial charge in [0.25, 0.3) is 0 Å². The molecule has 1 amide bonds. The number of rotatable bonds is 6. The van der Waals surface area contributed by atoms with Crippen molar-refractivity contribution >= 4 is 11.9 Å². The Labute approximate surface area is 108 Å². The van der Waals surface area contributed by atoms with Crippen LogP contribution in [0.3, 0.4) is 0 Å². The predicted octanol–water partition coefficient (Wildman–Crippen LogP) is -0.223. The molecule has 18 heavy (non-hydrogen) atoms. The molecule has 0 spiro atoms. The van der Waals surface area contributed by atoms with Crippen LogP contribution in [-0.2, 0) is 19.1 Å². The summed E-state index contributed by atoms with van der Waals surface area (Å²) in [7, 11) is 2.89. The van der Waals surface area contributed by atoms with Crippen molar-refractivity contribution in [3.8, 4) is 0 Å². The Bertz CT molecular complexity index is 277. The highest BCUT2D eigenvalue weighted by Crippen LogP contribution is 2.07. The second-order valence-corrected chi connectivity index (χ2v) is 4.40. The molecule has 6 heteroatoms. The van der Waals surface area contributed by atoms with E-state index in [2.05, 4.69) is 10.1 Å². The van der Waals surface area contributed by atoms with Crippen LogP contribution in [0.25, 0.3) is 0 Å². The Balaban J connectivity index is 2.13. The van der Waals surface area contributed by atoms with E-state index in [0.717, 1.165) is 25.9 Å². The first-order valence-corrected chi connectivity index (χ1v) is 6.26. The van der Waals surface area contributed by atoms with E-state index in [1.165, 1.54) is 12.0 Å². The van der Waals surface area contributed by atoms with Crippen molar-refractivity contribution < 1.29 is 19.1 Å². The molecule has 0 unspecified atom stereocenters. The summed E-state index contributed by atoms with van der Waals surface area (Å²) in [6.07, 6.45) is 2.54. The maximum absolute atomic E-state index is 11.7. The van der Waals surface area contributed by atoms with Gasteiger partial charge in [0.2, 0.25) is 5.91 Å². The lowest BCUT2D eigenvalue weighted by atomic mass is 10.1. The summed E-state index contributed by atoms with van der Waals surface area (Å²) in [6.45, 7) is 2.35. The number of likely N-dealkylation sites (N-methyl/N-ethyl adjacent to an activating group) is 1. The Kier molecular flexibility index (Phi) is 6.67. The van der Waals surface area contributed by atoms with Crippen molar-refractivity contribution in [1.29, 1.82) is 0 Å². The molecule has 0 aromatic heterocycles. The molecule has 0 radical (unpaired) electrons. The van der Waals surface area contributed by atoms with Gasteiger partial charge in [0.15, 0.2) is 0 Å². The normalized spacial score (nSPS) is 16.3. The number of nitrogens with one attached hydrogen (secondary N) is 1. The van der Waals surface area contributed by atoms with Gasteiger partial charge in [-0.15, -0.1) is 0 Å². The van der Waals surface area contributed by atoms with Crippen LogP contribution in [-0.4, -0.2) is 63.3 Å². The molecular formula is C12H22N2O4. The van der Waals surface area contributed by atoms with Crippen molar-refractivity contribution in [3.63, 3.8) is 0 Å². The van der Waals surface area contributed by atoms with Crippen LogP contribution in [0.4, 0.5) is 0 Å². The summed E-state index contributed by atoms with van der Waals surface area (Å²) in [4.78, 5) is 24.0. The average Bonchev–Trinajstić information content (AvgIpc) is 2.39. The van der Waals surface area contributed by atoms with E-state index in [-0.39, 0.29) is 18.6 Å². The molecule has 1 fully saturated rings. The third-order valence-electron chi connectivity index (χ3n) is 2.98. The third kappa shape index (κ3) is 5.46. The number of carbonyl (C=O) groups excluding carboxylic acids is 2. The van der Waals surface area contributed by atoms with Gasteiger partial charge in [-0.25, -0.2) is 0 Å². The molecule has 0 aliphatic carbocycles. The highest BCUT2D eigenvalue weighted by atomic mass is 16.5. The summed E-state index contributed by atoms with van der Waals surface area (Å²) in [5.74, 6) is -0.514. The van der Waals surface area contributed by atoms with E-state index in [9.17, 15) is 9.59 Å². The number of hydrogen-bond donors (Lipinski definition) is 1. The van der Waals surface area contributed by atoms with Crippen LogP contribution in [0.1, 0.15) is 19.3 Å². The monoisotopic (exact) mass is 258 g/mol. The Morgan fingerprint density at radius 1 is 1.33 bits per heavy atom. The summed E-state index contributed by atoms with van der Waals surface area (Å²) < 4.78 is 10.1. The first-order valence-electron chi connectivity index (χ1n) is 6.26. The van der Waals surface area contributed by atoms with Gasteiger partial charge in [0.1, 0.15) is 6.54 Å². The minimum absolute atomic E-state index is 0.0112. The number of esters is 1. The van der Waals surface area contributed by atoms with Crippen LogP contribution in [0.15, 0.2) is 0 Å². The van der Waals surface area contributed by atoms with Gasteiger partial charge in [0, 0.05) is 7.05 Å². The van der Waals surface area contributed by atoms with E-state index >= 15 is 0 Å². The van der Waals surface area contributed by atoms with Crippen molar-refractivity contribution in [3.05, 3.63) is 0 Å². The molecule has 6 nitrogen and oxygen atoms in total. The molecule has 104 valence electrons. The van der Waals surface area contributed by atoms with Crippen LogP contribution in [0.2, 0.25) is 0 Å². The van der Waals surface area contributed by atoms with Crippen LogP contribution in [0, 0.1) is 0 Å². The standard InChI is InChI=1S/C12H22N2O4/c1-14(9-12(16)17-2)11(15)5-8-18-10-3-6-13-7-4-10/h10,13H,3-9H2,1-2H3. The Morgan fingerprint density at radius 2 is 2.00 bits per heavy atom. The fraction of sp³-hybridized carbons (Fsp3) is 0.833. The number of amides is 1. The fourth-order valence-electron chi connectivity index (χ4n) is 1.81. The van der Waals surface area contributed by atoms with Gasteiger partial charge in [-0.3, -0.25) is 9.59 Å². The second kappa shape index (κ2) is 8.05. The first-order chi connectivity index (χ1) is 8.63. The highest BCUT2D eigenvalue weighted by Gasteiger charge is 2.16. The first kappa shape index (κ1) is 14.9. The number of piperidine rings is 1.